The summed E-state index contributed by atoms with van der Waals surface area (Å²) in [6.45, 7) is 0.510. The van der Waals surface area contributed by atoms with E-state index in [1.54, 1.807) is 5.38 Å². The number of anilines is 1. The molecular weight excluding hydrogens is 212 g/mol. The lowest BCUT2D eigenvalue weighted by molar-refractivity contribution is -0.140. The van der Waals surface area contributed by atoms with Crippen LogP contribution in [0.2, 0.25) is 5.15 Å². The fourth-order valence-corrected chi connectivity index (χ4v) is 1.58. The molecule has 0 amide bonds. The second kappa shape index (κ2) is 5.04. The number of aromatic nitrogens is 1. The number of esters is 1. The van der Waals surface area contributed by atoms with Crippen molar-refractivity contribution in [2.45, 2.75) is 6.42 Å². The van der Waals surface area contributed by atoms with Gasteiger partial charge in [0.25, 0.3) is 0 Å². The Kier molecular flexibility index (Phi) is 3.98. The quantitative estimate of drug-likeness (QED) is 0.786. The molecule has 1 aromatic rings. The molecule has 1 rings (SSSR count). The van der Waals surface area contributed by atoms with Crippen LogP contribution in [-0.4, -0.2) is 24.6 Å². The molecule has 0 aliphatic heterocycles. The van der Waals surface area contributed by atoms with E-state index < -0.39 is 0 Å². The number of hydrogen-bond acceptors (Lipinski definition) is 5. The number of halogens is 1. The molecule has 1 heterocycles. The maximum Gasteiger partial charge on any atom is 0.307 e. The Bertz CT molecular complexity index is 290. The van der Waals surface area contributed by atoms with Crippen molar-refractivity contribution in [2.75, 3.05) is 19.0 Å². The molecule has 0 aliphatic rings. The SMILES string of the molecule is COC(=O)CCNc1nc(Cl)cs1. The van der Waals surface area contributed by atoms with Gasteiger partial charge in [-0.1, -0.05) is 11.6 Å². The largest absolute Gasteiger partial charge is 0.469 e. The van der Waals surface area contributed by atoms with Crippen molar-refractivity contribution in [3.63, 3.8) is 0 Å². The van der Waals surface area contributed by atoms with Crippen LogP contribution in [0.4, 0.5) is 5.13 Å². The summed E-state index contributed by atoms with van der Waals surface area (Å²) in [4.78, 5) is 14.7. The van der Waals surface area contributed by atoms with Crippen LogP contribution in [0.3, 0.4) is 0 Å². The lowest BCUT2D eigenvalue weighted by Gasteiger charge is -2.00. The minimum atomic E-state index is -0.241. The van der Waals surface area contributed by atoms with Crippen LogP contribution in [0.25, 0.3) is 0 Å². The number of carbonyl (C=O) groups excluding carboxylic acids is 1. The van der Waals surface area contributed by atoms with Gasteiger partial charge in [-0.25, -0.2) is 4.98 Å². The molecule has 4 nitrogen and oxygen atoms in total. The van der Waals surface area contributed by atoms with Gasteiger partial charge >= 0.3 is 5.97 Å². The van der Waals surface area contributed by atoms with E-state index in [-0.39, 0.29) is 5.97 Å². The molecular formula is C7H9ClN2O2S. The van der Waals surface area contributed by atoms with Crippen LogP contribution >= 0.6 is 22.9 Å². The van der Waals surface area contributed by atoms with Crippen molar-refractivity contribution in [2.24, 2.45) is 0 Å². The third-order valence-electron chi connectivity index (χ3n) is 1.31. The van der Waals surface area contributed by atoms with Crippen molar-refractivity contribution in [1.29, 1.82) is 0 Å². The normalized spacial score (nSPS) is 9.69. The molecule has 0 unspecified atom stereocenters. The molecule has 72 valence electrons. The van der Waals surface area contributed by atoms with E-state index >= 15 is 0 Å². The van der Waals surface area contributed by atoms with Gasteiger partial charge in [0.2, 0.25) is 0 Å². The van der Waals surface area contributed by atoms with Crippen molar-refractivity contribution < 1.29 is 9.53 Å². The van der Waals surface area contributed by atoms with Crippen molar-refractivity contribution >= 4 is 34.0 Å². The van der Waals surface area contributed by atoms with Gasteiger partial charge in [-0.05, 0) is 0 Å². The Hall–Kier alpha value is -0.810. The van der Waals surface area contributed by atoms with E-state index in [0.717, 1.165) is 0 Å². The number of hydrogen-bond donors (Lipinski definition) is 1. The Balaban J connectivity index is 2.24. The Labute approximate surface area is 84.9 Å². The number of carbonyl (C=O) groups is 1. The molecule has 0 aromatic carbocycles. The number of rotatable bonds is 4. The first-order valence-corrected chi connectivity index (χ1v) is 4.90. The fourth-order valence-electron chi connectivity index (χ4n) is 0.709. The first-order valence-electron chi connectivity index (χ1n) is 3.64. The highest BCUT2D eigenvalue weighted by atomic mass is 35.5. The number of thiazole rings is 1. The molecule has 0 bridgehead atoms. The van der Waals surface area contributed by atoms with Gasteiger partial charge in [0.1, 0.15) is 5.15 Å². The summed E-state index contributed by atoms with van der Waals surface area (Å²) >= 11 is 7.00. The van der Waals surface area contributed by atoms with Crippen molar-refractivity contribution in [1.82, 2.24) is 4.98 Å². The smallest absolute Gasteiger partial charge is 0.307 e. The molecule has 0 saturated heterocycles. The third-order valence-corrected chi connectivity index (χ3v) is 2.43. The van der Waals surface area contributed by atoms with Gasteiger partial charge in [0.15, 0.2) is 5.13 Å². The van der Waals surface area contributed by atoms with E-state index in [1.807, 2.05) is 0 Å². The Morgan fingerprint density at radius 3 is 3.15 bits per heavy atom. The molecule has 0 atom stereocenters. The van der Waals surface area contributed by atoms with Crippen molar-refractivity contribution in [3.8, 4) is 0 Å². The standard InChI is InChI=1S/C7H9ClN2O2S/c1-12-6(11)2-3-9-7-10-5(8)4-13-7/h4H,2-3H2,1H3,(H,9,10). The average Bonchev–Trinajstić information content (AvgIpc) is 2.51. The zero-order valence-corrected chi connectivity index (χ0v) is 8.61. The highest BCUT2D eigenvalue weighted by molar-refractivity contribution is 7.14. The number of ether oxygens (including phenoxy) is 1. The maximum atomic E-state index is 10.7. The second-order valence-electron chi connectivity index (χ2n) is 2.23. The number of nitrogens with one attached hydrogen (secondary N) is 1. The molecule has 1 aromatic heterocycles. The summed E-state index contributed by atoms with van der Waals surface area (Å²) < 4.78 is 4.47. The second-order valence-corrected chi connectivity index (χ2v) is 3.47. The van der Waals surface area contributed by atoms with Gasteiger partial charge < -0.3 is 10.1 Å². The van der Waals surface area contributed by atoms with E-state index in [9.17, 15) is 4.79 Å². The highest BCUT2D eigenvalue weighted by Gasteiger charge is 2.01. The van der Waals surface area contributed by atoms with Crippen LogP contribution in [0.1, 0.15) is 6.42 Å². The van der Waals surface area contributed by atoms with Crippen LogP contribution in [0, 0.1) is 0 Å². The van der Waals surface area contributed by atoms with E-state index in [1.165, 1.54) is 18.4 Å². The highest BCUT2D eigenvalue weighted by Crippen LogP contribution is 2.18. The summed E-state index contributed by atoms with van der Waals surface area (Å²) in [6, 6.07) is 0. The van der Waals surface area contributed by atoms with E-state index in [4.69, 9.17) is 11.6 Å². The zero-order valence-electron chi connectivity index (χ0n) is 7.04. The van der Waals surface area contributed by atoms with E-state index in [0.29, 0.717) is 23.3 Å². The summed E-state index contributed by atoms with van der Waals surface area (Å²) in [5.41, 5.74) is 0. The Morgan fingerprint density at radius 1 is 1.85 bits per heavy atom. The minimum absolute atomic E-state index is 0.241. The first kappa shape index (κ1) is 10.3. The minimum Gasteiger partial charge on any atom is -0.469 e. The van der Waals surface area contributed by atoms with Crippen LogP contribution in [0.5, 0.6) is 0 Å². The molecule has 6 heteroatoms. The monoisotopic (exact) mass is 220 g/mol. The summed E-state index contributed by atoms with van der Waals surface area (Å²) in [5, 5.41) is 5.86. The molecule has 13 heavy (non-hydrogen) atoms. The van der Waals surface area contributed by atoms with Gasteiger partial charge in [0, 0.05) is 11.9 Å². The van der Waals surface area contributed by atoms with Crippen LogP contribution in [0.15, 0.2) is 5.38 Å². The Morgan fingerprint density at radius 2 is 2.62 bits per heavy atom. The number of nitrogens with zero attached hydrogens (tertiary/aromatic N) is 1. The van der Waals surface area contributed by atoms with E-state index in [2.05, 4.69) is 15.0 Å². The number of methoxy groups -OCH3 is 1. The average molecular weight is 221 g/mol. The molecule has 0 fully saturated rings. The first-order chi connectivity index (χ1) is 6.22. The molecule has 0 saturated carbocycles. The summed E-state index contributed by atoms with van der Waals surface area (Å²) in [5.74, 6) is -0.241. The van der Waals surface area contributed by atoms with Gasteiger partial charge in [-0.15, -0.1) is 11.3 Å². The molecule has 1 N–H and O–H groups in total. The topological polar surface area (TPSA) is 51.2 Å². The molecule has 0 spiro atoms. The lowest BCUT2D eigenvalue weighted by atomic mass is 10.4. The third kappa shape index (κ3) is 3.61. The molecule has 0 radical (unpaired) electrons. The predicted octanol–water partition coefficient (Wildman–Crippen LogP) is 1.77. The van der Waals surface area contributed by atoms with Crippen LogP contribution < -0.4 is 5.32 Å². The van der Waals surface area contributed by atoms with Gasteiger partial charge in [-0.2, -0.15) is 0 Å². The summed E-state index contributed by atoms with van der Waals surface area (Å²) in [7, 11) is 1.36. The van der Waals surface area contributed by atoms with Gasteiger partial charge in [-0.3, -0.25) is 4.79 Å². The summed E-state index contributed by atoms with van der Waals surface area (Å²) in [6.07, 6.45) is 0.327. The van der Waals surface area contributed by atoms with Crippen LogP contribution in [-0.2, 0) is 9.53 Å². The van der Waals surface area contributed by atoms with Crippen molar-refractivity contribution in [3.05, 3.63) is 10.5 Å². The molecule has 0 aliphatic carbocycles. The zero-order chi connectivity index (χ0) is 9.68. The predicted molar refractivity (Wildman–Crippen MR) is 52.2 cm³/mol. The fraction of sp³-hybridized carbons (Fsp3) is 0.429. The van der Waals surface area contributed by atoms with Gasteiger partial charge in [0.05, 0.1) is 13.5 Å². The maximum absolute atomic E-state index is 10.7. The lowest BCUT2D eigenvalue weighted by Crippen LogP contribution is -2.09.